The van der Waals surface area contributed by atoms with Gasteiger partial charge in [0.1, 0.15) is 17.3 Å². The second-order valence-electron chi connectivity index (χ2n) is 7.98. The van der Waals surface area contributed by atoms with Gasteiger partial charge in [-0.3, -0.25) is 9.59 Å². The van der Waals surface area contributed by atoms with Crippen molar-refractivity contribution in [2.45, 2.75) is 19.9 Å². The minimum Gasteiger partial charge on any atom is -0.378 e. The zero-order valence-corrected chi connectivity index (χ0v) is 18.0. The van der Waals surface area contributed by atoms with Crippen molar-refractivity contribution in [2.75, 3.05) is 26.3 Å². The number of morpholine rings is 1. The van der Waals surface area contributed by atoms with Gasteiger partial charge in [-0.05, 0) is 49.2 Å². The number of nitrogens with zero attached hydrogens (tertiary/aromatic N) is 2. The Labute approximate surface area is 185 Å². The van der Waals surface area contributed by atoms with Gasteiger partial charge in [0, 0.05) is 30.3 Å². The highest BCUT2D eigenvalue weighted by molar-refractivity contribution is 6.08. The zero-order valence-electron chi connectivity index (χ0n) is 18.0. The summed E-state index contributed by atoms with van der Waals surface area (Å²) in [5.41, 5.74) is 2.94. The molecule has 1 aliphatic heterocycles. The van der Waals surface area contributed by atoms with E-state index < -0.39 is 11.6 Å². The molecule has 166 valence electrons. The van der Waals surface area contributed by atoms with Gasteiger partial charge in [-0.25, -0.2) is 8.78 Å². The van der Waals surface area contributed by atoms with Gasteiger partial charge in [-0.15, -0.1) is 0 Å². The van der Waals surface area contributed by atoms with Crippen molar-refractivity contribution in [1.29, 1.82) is 0 Å². The molecule has 0 unspecified atom stereocenters. The predicted octanol–water partition coefficient (Wildman–Crippen LogP) is 4.97. The molecule has 1 saturated heterocycles. The topological polar surface area (TPSA) is 51.5 Å². The SMILES string of the molecule is CC(C)n1c(C=O)c(-c2ccc(F)cc2)c(-c2ccc(F)cc2)c1C(=O)N1CCOCC1. The Morgan fingerprint density at radius 3 is 1.88 bits per heavy atom. The molecule has 0 N–H and O–H groups in total. The lowest BCUT2D eigenvalue weighted by Crippen LogP contribution is -2.41. The van der Waals surface area contributed by atoms with E-state index in [1.807, 2.05) is 13.8 Å². The second-order valence-corrected chi connectivity index (χ2v) is 7.98. The van der Waals surface area contributed by atoms with E-state index in [0.717, 1.165) is 6.29 Å². The maximum Gasteiger partial charge on any atom is 0.271 e. The Hall–Kier alpha value is -3.32. The quantitative estimate of drug-likeness (QED) is 0.529. The monoisotopic (exact) mass is 438 g/mol. The maximum absolute atomic E-state index is 13.8. The lowest BCUT2D eigenvalue weighted by atomic mass is 9.94. The minimum atomic E-state index is -0.406. The Balaban J connectivity index is 2.06. The van der Waals surface area contributed by atoms with Gasteiger partial charge in [0.15, 0.2) is 6.29 Å². The summed E-state index contributed by atoms with van der Waals surface area (Å²) in [6.45, 7) is 5.54. The third-order valence-electron chi connectivity index (χ3n) is 5.64. The molecule has 3 aromatic rings. The molecule has 1 fully saturated rings. The van der Waals surface area contributed by atoms with Crippen molar-refractivity contribution in [3.63, 3.8) is 0 Å². The minimum absolute atomic E-state index is 0.205. The van der Waals surface area contributed by atoms with Crippen molar-refractivity contribution in [3.05, 3.63) is 71.6 Å². The second kappa shape index (κ2) is 9.04. The number of aldehydes is 1. The van der Waals surface area contributed by atoms with E-state index in [9.17, 15) is 18.4 Å². The summed E-state index contributed by atoms with van der Waals surface area (Å²) in [4.78, 5) is 27.8. The van der Waals surface area contributed by atoms with Crippen LogP contribution in [-0.4, -0.2) is 48.0 Å². The van der Waals surface area contributed by atoms with Gasteiger partial charge < -0.3 is 14.2 Å². The van der Waals surface area contributed by atoms with Crippen molar-refractivity contribution in [3.8, 4) is 22.3 Å². The van der Waals surface area contributed by atoms with Crippen LogP contribution in [0.4, 0.5) is 8.78 Å². The van der Waals surface area contributed by atoms with E-state index >= 15 is 0 Å². The molecule has 5 nitrogen and oxygen atoms in total. The molecule has 1 aliphatic rings. The van der Waals surface area contributed by atoms with E-state index in [4.69, 9.17) is 4.74 Å². The number of halogens is 2. The molecule has 0 saturated carbocycles. The molecule has 7 heteroatoms. The van der Waals surface area contributed by atoms with Crippen molar-refractivity contribution < 1.29 is 23.1 Å². The van der Waals surface area contributed by atoms with Crippen LogP contribution in [-0.2, 0) is 4.74 Å². The first kappa shape index (κ1) is 21.9. The molecule has 0 aliphatic carbocycles. The van der Waals surface area contributed by atoms with Crippen LogP contribution in [0.3, 0.4) is 0 Å². The number of hydrogen-bond donors (Lipinski definition) is 0. The largest absolute Gasteiger partial charge is 0.378 e. The van der Waals surface area contributed by atoms with Gasteiger partial charge in [0.25, 0.3) is 5.91 Å². The lowest BCUT2D eigenvalue weighted by molar-refractivity contribution is 0.0295. The van der Waals surface area contributed by atoms with Crippen LogP contribution in [0.1, 0.15) is 40.9 Å². The zero-order chi connectivity index (χ0) is 22.8. The predicted molar refractivity (Wildman–Crippen MR) is 118 cm³/mol. The van der Waals surface area contributed by atoms with Gasteiger partial charge >= 0.3 is 0 Å². The van der Waals surface area contributed by atoms with Crippen LogP contribution < -0.4 is 0 Å². The Bertz CT molecular complexity index is 1130. The number of aromatic nitrogens is 1. The fraction of sp³-hybridized carbons (Fsp3) is 0.280. The van der Waals surface area contributed by atoms with Crippen LogP contribution in [0.15, 0.2) is 48.5 Å². The number of benzene rings is 2. The average Bonchev–Trinajstić information content (AvgIpc) is 3.15. The normalized spacial score (nSPS) is 14.1. The first-order valence-electron chi connectivity index (χ1n) is 10.5. The van der Waals surface area contributed by atoms with Gasteiger partial charge in [-0.2, -0.15) is 0 Å². The molecule has 2 heterocycles. The highest BCUT2D eigenvalue weighted by atomic mass is 19.1. The molecular formula is C25H24F2N2O3. The van der Waals surface area contributed by atoms with E-state index in [1.54, 1.807) is 33.7 Å². The maximum atomic E-state index is 13.8. The van der Waals surface area contributed by atoms with E-state index in [-0.39, 0.29) is 11.9 Å². The van der Waals surface area contributed by atoms with Crippen molar-refractivity contribution in [1.82, 2.24) is 9.47 Å². The smallest absolute Gasteiger partial charge is 0.271 e. The van der Waals surface area contributed by atoms with E-state index in [2.05, 4.69) is 0 Å². The van der Waals surface area contributed by atoms with Crippen LogP contribution in [0.25, 0.3) is 22.3 Å². The number of amides is 1. The third kappa shape index (κ3) is 3.96. The third-order valence-corrected chi connectivity index (χ3v) is 5.64. The molecule has 0 spiro atoms. The van der Waals surface area contributed by atoms with Crippen molar-refractivity contribution >= 4 is 12.2 Å². The number of ether oxygens (including phenoxy) is 1. The Morgan fingerprint density at radius 2 is 1.41 bits per heavy atom. The summed E-state index contributed by atoms with van der Waals surface area (Å²) in [5.74, 6) is -1.03. The summed E-state index contributed by atoms with van der Waals surface area (Å²) in [6, 6.07) is 11.4. The number of carbonyl (C=O) groups is 2. The number of carbonyl (C=O) groups excluding carboxylic acids is 2. The Kier molecular flexibility index (Phi) is 6.19. The van der Waals surface area contributed by atoms with Gasteiger partial charge in [0.2, 0.25) is 0 Å². The molecule has 1 amide bonds. The lowest BCUT2D eigenvalue weighted by Gasteiger charge is -2.28. The highest BCUT2D eigenvalue weighted by Crippen LogP contribution is 2.41. The molecule has 0 atom stereocenters. The summed E-state index contributed by atoms with van der Waals surface area (Å²) >= 11 is 0. The number of rotatable bonds is 5. The first-order valence-corrected chi connectivity index (χ1v) is 10.5. The molecular weight excluding hydrogens is 414 g/mol. The van der Waals surface area contributed by atoms with Gasteiger partial charge in [-0.1, -0.05) is 24.3 Å². The number of hydrogen-bond acceptors (Lipinski definition) is 3. The summed E-state index contributed by atoms with van der Waals surface area (Å²) in [5, 5.41) is 0. The van der Waals surface area contributed by atoms with Crippen LogP contribution >= 0.6 is 0 Å². The van der Waals surface area contributed by atoms with E-state index in [1.165, 1.54) is 24.3 Å². The average molecular weight is 438 g/mol. The standard InChI is InChI=1S/C25H24F2N2O3/c1-16(2)29-21(15-30)22(17-3-7-19(26)8-4-17)23(18-5-9-20(27)10-6-18)24(29)25(31)28-11-13-32-14-12-28/h3-10,15-16H,11-14H2,1-2H3. The van der Waals surface area contributed by atoms with Crippen molar-refractivity contribution in [2.24, 2.45) is 0 Å². The molecule has 0 radical (unpaired) electrons. The summed E-state index contributed by atoms with van der Waals surface area (Å²) < 4.78 is 34.5. The summed E-state index contributed by atoms with van der Waals surface area (Å²) in [6.07, 6.45) is 0.724. The molecule has 4 rings (SSSR count). The van der Waals surface area contributed by atoms with Crippen LogP contribution in [0, 0.1) is 11.6 Å². The van der Waals surface area contributed by atoms with E-state index in [0.29, 0.717) is 59.9 Å². The molecule has 32 heavy (non-hydrogen) atoms. The summed E-state index contributed by atoms with van der Waals surface area (Å²) in [7, 11) is 0. The Morgan fingerprint density at radius 1 is 0.906 bits per heavy atom. The fourth-order valence-electron chi connectivity index (χ4n) is 4.19. The van der Waals surface area contributed by atoms with Gasteiger partial charge in [0.05, 0.1) is 18.9 Å². The molecule has 0 bridgehead atoms. The first-order chi connectivity index (χ1) is 15.4. The highest BCUT2D eigenvalue weighted by Gasteiger charge is 2.32. The molecule has 1 aromatic heterocycles. The van der Waals surface area contributed by atoms with Crippen LogP contribution in [0.2, 0.25) is 0 Å². The van der Waals surface area contributed by atoms with Crippen LogP contribution in [0.5, 0.6) is 0 Å². The fourth-order valence-corrected chi connectivity index (χ4v) is 4.19. The molecule has 2 aromatic carbocycles.